The summed E-state index contributed by atoms with van der Waals surface area (Å²) in [6.45, 7) is 3.07. The lowest BCUT2D eigenvalue weighted by atomic mass is 9.97. The average molecular weight is 371 g/mol. The van der Waals surface area contributed by atoms with Crippen LogP contribution < -0.4 is 10.1 Å². The van der Waals surface area contributed by atoms with E-state index < -0.39 is 0 Å². The number of carbonyl (C=O) groups excluding carboxylic acids is 2. The van der Waals surface area contributed by atoms with Crippen LogP contribution in [0.15, 0.2) is 42.6 Å². The molecule has 0 radical (unpaired) electrons. The smallest absolute Gasteiger partial charge is 0.225 e. The van der Waals surface area contributed by atoms with Crippen molar-refractivity contribution in [1.82, 2.24) is 15.2 Å². The minimum Gasteiger partial charge on any atom is -0.439 e. The number of hydrogen-bond donors (Lipinski definition) is 1. The molecule has 142 valence electrons. The fourth-order valence-corrected chi connectivity index (χ4v) is 3.04. The molecule has 7 heteroatoms. The molecular formula is C20H22FN3O3. The average Bonchev–Trinajstić information content (AvgIpc) is 2.67. The second kappa shape index (κ2) is 8.62. The zero-order valence-corrected chi connectivity index (χ0v) is 15.2. The summed E-state index contributed by atoms with van der Waals surface area (Å²) in [4.78, 5) is 29.7. The third kappa shape index (κ3) is 5.26. The molecule has 1 aliphatic rings. The Hall–Kier alpha value is -2.96. The van der Waals surface area contributed by atoms with Crippen LogP contribution in [-0.4, -0.2) is 34.8 Å². The quantitative estimate of drug-likeness (QED) is 0.877. The molecule has 1 saturated heterocycles. The molecule has 27 heavy (non-hydrogen) atoms. The Bertz CT molecular complexity index is 810. The van der Waals surface area contributed by atoms with E-state index >= 15 is 0 Å². The number of halogens is 1. The van der Waals surface area contributed by atoms with E-state index in [1.807, 2.05) is 0 Å². The maximum atomic E-state index is 13.2. The van der Waals surface area contributed by atoms with Gasteiger partial charge in [-0.15, -0.1) is 0 Å². The van der Waals surface area contributed by atoms with Gasteiger partial charge in [0, 0.05) is 44.9 Å². The maximum Gasteiger partial charge on any atom is 0.225 e. The topological polar surface area (TPSA) is 71.5 Å². The number of amides is 2. The van der Waals surface area contributed by atoms with Gasteiger partial charge in [0.25, 0.3) is 0 Å². The number of benzene rings is 1. The summed E-state index contributed by atoms with van der Waals surface area (Å²) in [5.41, 5.74) is 0.828. The number of piperidine rings is 1. The van der Waals surface area contributed by atoms with Crippen molar-refractivity contribution in [2.75, 3.05) is 13.1 Å². The molecule has 0 saturated carbocycles. The molecule has 1 unspecified atom stereocenters. The summed E-state index contributed by atoms with van der Waals surface area (Å²) in [5, 5.41) is 2.90. The van der Waals surface area contributed by atoms with E-state index in [9.17, 15) is 14.0 Å². The maximum absolute atomic E-state index is 13.2. The van der Waals surface area contributed by atoms with Gasteiger partial charge in [-0.05, 0) is 30.5 Å². The molecule has 2 aromatic rings. The highest BCUT2D eigenvalue weighted by Gasteiger charge is 2.26. The van der Waals surface area contributed by atoms with Crippen molar-refractivity contribution in [1.29, 1.82) is 0 Å². The first kappa shape index (κ1) is 18.8. The standard InChI is InChI=1S/C20H22FN3O3/c1-14(25)24-9-3-4-16(13-24)20(26)23-12-15-7-8-19(22-11-15)27-18-6-2-5-17(21)10-18/h2,5-8,10-11,16H,3-4,9,12-13H2,1H3,(H,23,26). The molecular weight excluding hydrogens is 349 g/mol. The number of ether oxygens (including phenoxy) is 1. The van der Waals surface area contributed by atoms with E-state index in [0.29, 0.717) is 24.7 Å². The van der Waals surface area contributed by atoms with Gasteiger partial charge >= 0.3 is 0 Å². The second-order valence-corrected chi connectivity index (χ2v) is 6.59. The number of hydrogen-bond acceptors (Lipinski definition) is 4. The van der Waals surface area contributed by atoms with E-state index in [-0.39, 0.29) is 23.5 Å². The first-order chi connectivity index (χ1) is 13.0. The number of nitrogens with zero attached hydrogens (tertiary/aromatic N) is 2. The van der Waals surface area contributed by atoms with Crippen LogP contribution in [0, 0.1) is 11.7 Å². The van der Waals surface area contributed by atoms with Crippen LogP contribution in [0.5, 0.6) is 11.6 Å². The van der Waals surface area contributed by atoms with Crippen LogP contribution in [0.3, 0.4) is 0 Å². The number of rotatable bonds is 5. The summed E-state index contributed by atoms with van der Waals surface area (Å²) < 4.78 is 18.7. The predicted molar refractivity (Wildman–Crippen MR) is 97.5 cm³/mol. The van der Waals surface area contributed by atoms with E-state index in [2.05, 4.69) is 10.3 Å². The van der Waals surface area contributed by atoms with Gasteiger partial charge in [0.15, 0.2) is 0 Å². The summed E-state index contributed by atoms with van der Waals surface area (Å²) in [6, 6.07) is 9.30. The lowest BCUT2D eigenvalue weighted by molar-refractivity contribution is -0.134. The number of nitrogens with one attached hydrogen (secondary N) is 1. The SMILES string of the molecule is CC(=O)N1CCCC(C(=O)NCc2ccc(Oc3cccc(F)c3)nc2)C1. The van der Waals surface area contributed by atoms with Crippen molar-refractivity contribution in [2.45, 2.75) is 26.3 Å². The Kier molecular flexibility index (Phi) is 6.01. The summed E-state index contributed by atoms with van der Waals surface area (Å²) in [5.74, 6) is 0.117. The van der Waals surface area contributed by atoms with Crippen LogP contribution in [0.2, 0.25) is 0 Å². The molecule has 1 aromatic carbocycles. The molecule has 0 bridgehead atoms. The van der Waals surface area contributed by atoms with Crippen LogP contribution in [0.25, 0.3) is 0 Å². The fourth-order valence-electron chi connectivity index (χ4n) is 3.04. The summed E-state index contributed by atoms with van der Waals surface area (Å²) in [7, 11) is 0. The van der Waals surface area contributed by atoms with Crippen LogP contribution in [0.4, 0.5) is 4.39 Å². The molecule has 1 aromatic heterocycles. The molecule has 1 aliphatic heterocycles. The van der Waals surface area contributed by atoms with Gasteiger partial charge in [-0.3, -0.25) is 9.59 Å². The predicted octanol–water partition coefficient (Wildman–Crippen LogP) is 2.89. The van der Waals surface area contributed by atoms with E-state index in [4.69, 9.17) is 4.74 Å². The normalized spacial score (nSPS) is 16.7. The number of carbonyl (C=O) groups is 2. The largest absolute Gasteiger partial charge is 0.439 e. The zero-order chi connectivity index (χ0) is 19.2. The molecule has 0 spiro atoms. The molecule has 2 amide bonds. The Labute approximate surface area is 157 Å². The molecule has 2 heterocycles. The van der Waals surface area contributed by atoms with Gasteiger partial charge < -0.3 is 15.0 Å². The molecule has 6 nitrogen and oxygen atoms in total. The van der Waals surface area contributed by atoms with Crippen molar-refractivity contribution >= 4 is 11.8 Å². The highest BCUT2D eigenvalue weighted by Crippen LogP contribution is 2.20. The fraction of sp³-hybridized carbons (Fsp3) is 0.350. The van der Waals surface area contributed by atoms with Gasteiger partial charge in [0.2, 0.25) is 17.7 Å². The van der Waals surface area contributed by atoms with Crippen LogP contribution in [-0.2, 0) is 16.1 Å². The molecule has 1 N–H and O–H groups in total. The highest BCUT2D eigenvalue weighted by atomic mass is 19.1. The van der Waals surface area contributed by atoms with Crippen molar-refractivity contribution in [3.8, 4) is 11.6 Å². The van der Waals surface area contributed by atoms with Gasteiger partial charge in [-0.25, -0.2) is 9.37 Å². The van der Waals surface area contributed by atoms with Gasteiger partial charge in [-0.1, -0.05) is 12.1 Å². The molecule has 0 aliphatic carbocycles. The minimum atomic E-state index is -0.377. The Balaban J connectivity index is 1.51. The minimum absolute atomic E-state index is 0.00517. The first-order valence-corrected chi connectivity index (χ1v) is 8.93. The Morgan fingerprint density at radius 1 is 1.33 bits per heavy atom. The lowest BCUT2D eigenvalue weighted by Gasteiger charge is -2.31. The molecule has 3 rings (SSSR count). The van der Waals surface area contributed by atoms with Crippen molar-refractivity contribution < 1.29 is 18.7 Å². The Morgan fingerprint density at radius 3 is 2.89 bits per heavy atom. The lowest BCUT2D eigenvalue weighted by Crippen LogP contribution is -2.44. The third-order valence-corrected chi connectivity index (χ3v) is 4.52. The molecule has 1 fully saturated rings. The van der Waals surface area contributed by atoms with E-state index in [0.717, 1.165) is 24.9 Å². The zero-order valence-electron chi connectivity index (χ0n) is 15.2. The van der Waals surface area contributed by atoms with Crippen molar-refractivity contribution in [3.63, 3.8) is 0 Å². The Morgan fingerprint density at radius 2 is 2.19 bits per heavy atom. The van der Waals surface area contributed by atoms with Gasteiger partial charge in [0.05, 0.1) is 5.92 Å². The van der Waals surface area contributed by atoms with Crippen LogP contribution in [0.1, 0.15) is 25.3 Å². The number of pyridine rings is 1. The van der Waals surface area contributed by atoms with E-state index in [1.54, 1.807) is 35.4 Å². The van der Waals surface area contributed by atoms with E-state index in [1.165, 1.54) is 19.1 Å². The monoisotopic (exact) mass is 371 g/mol. The van der Waals surface area contributed by atoms with Crippen molar-refractivity contribution in [2.24, 2.45) is 5.92 Å². The second-order valence-electron chi connectivity index (χ2n) is 6.59. The van der Waals surface area contributed by atoms with Crippen LogP contribution >= 0.6 is 0 Å². The summed E-state index contributed by atoms with van der Waals surface area (Å²) >= 11 is 0. The van der Waals surface area contributed by atoms with Gasteiger partial charge in [-0.2, -0.15) is 0 Å². The number of aromatic nitrogens is 1. The summed E-state index contributed by atoms with van der Waals surface area (Å²) in [6.07, 6.45) is 3.23. The third-order valence-electron chi connectivity index (χ3n) is 4.52. The molecule has 1 atom stereocenters. The van der Waals surface area contributed by atoms with Crippen molar-refractivity contribution in [3.05, 3.63) is 54.0 Å². The first-order valence-electron chi connectivity index (χ1n) is 8.93. The number of likely N-dealkylation sites (tertiary alicyclic amines) is 1. The highest BCUT2D eigenvalue weighted by molar-refractivity contribution is 5.80. The van der Waals surface area contributed by atoms with Gasteiger partial charge in [0.1, 0.15) is 11.6 Å².